The standard InChI is InChI=1S/C25H32N6O4/c1-18-4-3-5-19(2)25(18)27-23(32)17-30(20-6-7-20)11-10-24(33)29-14-12-28(13-15-29)22-9-8-21(16-26-22)31(34)35/h3-5,8-9,16,20H,6-7,10-15,17H2,1-2H3,(H,27,32). The lowest BCUT2D eigenvalue weighted by Gasteiger charge is -2.35. The zero-order valence-electron chi connectivity index (χ0n) is 20.3. The summed E-state index contributed by atoms with van der Waals surface area (Å²) in [5.74, 6) is 0.714. The zero-order valence-corrected chi connectivity index (χ0v) is 20.3. The van der Waals surface area contributed by atoms with Crippen molar-refractivity contribution < 1.29 is 14.5 Å². The molecule has 1 N–H and O–H groups in total. The molecule has 10 nitrogen and oxygen atoms in total. The third-order valence-corrected chi connectivity index (χ3v) is 6.67. The maximum Gasteiger partial charge on any atom is 0.287 e. The van der Waals surface area contributed by atoms with Crippen LogP contribution in [0.2, 0.25) is 0 Å². The Morgan fingerprint density at radius 1 is 1.11 bits per heavy atom. The van der Waals surface area contributed by atoms with Crippen LogP contribution in [-0.2, 0) is 9.59 Å². The summed E-state index contributed by atoms with van der Waals surface area (Å²) in [6, 6.07) is 9.41. The van der Waals surface area contributed by atoms with Gasteiger partial charge in [0.1, 0.15) is 12.0 Å². The number of carbonyl (C=O) groups excluding carboxylic acids is 2. The van der Waals surface area contributed by atoms with Crippen molar-refractivity contribution in [3.05, 3.63) is 57.8 Å². The number of amides is 2. The summed E-state index contributed by atoms with van der Waals surface area (Å²) in [5, 5.41) is 13.9. The molecular formula is C25H32N6O4. The first-order chi connectivity index (χ1) is 16.8. The third kappa shape index (κ3) is 6.33. The molecule has 2 aliphatic rings. The number of nitro groups is 1. The molecule has 0 radical (unpaired) electrons. The highest BCUT2D eigenvalue weighted by molar-refractivity contribution is 5.93. The van der Waals surface area contributed by atoms with Crippen LogP contribution < -0.4 is 10.2 Å². The molecule has 186 valence electrons. The van der Waals surface area contributed by atoms with Crippen molar-refractivity contribution in [3.8, 4) is 0 Å². The van der Waals surface area contributed by atoms with Gasteiger partial charge in [-0.1, -0.05) is 18.2 Å². The summed E-state index contributed by atoms with van der Waals surface area (Å²) in [6.07, 6.45) is 3.76. The molecule has 2 aromatic rings. The SMILES string of the molecule is Cc1cccc(C)c1NC(=O)CN(CCC(=O)N1CCN(c2ccc([N+](=O)[O-])cn2)CC1)C1CC1. The summed E-state index contributed by atoms with van der Waals surface area (Å²) in [5.41, 5.74) is 2.90. The number of hydrogen-bond donors (Lipinski definition) is 1. The lowest BCUT2D eigenvalue weighted by molar-refractivity contribution is -0.385. The predicted octanol–water partition coefficient (Wildman–Crippen LogP) is 2.75. The van der Waals surface area contributed by atoms with E-state index in [4.69, 9.17) is 0 Å². The molecular weight excluding hydrogens is 448 g/mol. The number of nitrogens with one attached hydrogen (secondary N) is 1. The summed E-state index contributed by atoms with van der Waals surface area (Å²) >= 11 is 0. The Balaban J connectivity index is 1.25. The monoisotopic (exact) mass is 480 g/mol. The van der Waals surface area contributed by atoms with Crippen LogP contribution in [0, 0.1) is 24.0 Å². The molecule has 0 bridgehead atoms. The molecule has 1 aromatic carbocycles. The number of aromatic nitrogens is 1. The number of anilines is 2. The number of piperazine rings is 1. The van der Waals surface area contributed by atoms with Crippen molar-refractivity contribution in [1.82, 2.24) is 14.8 Å². The van der Waals surface area contributed by atoms with Gasteiger partial charge in [0, 0.05) is 56.9 Å². The van der Waals surface area contributed by atoms with Gasteiger partial charge in [-0.15, -0.1) is 0 Å². The molecule has 35 heavy (non-hydrogen) atoms. The van der Waals surface area contributed by atoms with Crippen LogP contribution in [0.3, 0.4) is 0 Å². The number of benzene rings is 1. The largest absolute Gasteiger partial charge is 0.353 e. The van der Waals surface area contributed by atoms with Gasteiger partial charge >= 0.3 is 0 Å². The molecule has 2 fully saturated rings. The smallest absolute Gasteiger partial charge is 0.287 e. The number of pyridine rings is 1. The molecule has 0 unspecified atom stereocenters. The molecule has 2 heterocycles. The van der Waals surface area contributed by atoms with Gasteiger partial charge in [-0.25, -0.2) is 4.98 Å². The molecule has 4 rings (SSSR count). The third-order valence-electron chi connectivity index (χ3n) is 6.67. The van der Waals surface area contributed by atoms with Crippen molar-refractivity contribution in [3.63, 3.8) is 0 Å². The van der Waals surface area contributed by atoms with E-state index >= 15 is 0 Å². The maximum absolute atomic E-state index is 12.9. The van der Waals surface area contributed by atoms with E-state index in [0.717, 1.165) is 29.7 Å². The molecule has 1 saturated heterocycles. The fourth-order valence-electron chi connectivity index (χ4n) is 4.46. The summed E-state index contributed by atoms with van der Waals surface area (Å²) < 4.78 is 0. The van der Waals surface area contributed by atoms with Crippen LogP contribution in [0.5, 0.6) is 0 Å². The van der Waals surface area contributed by atoms with Gasteiger partial charge in [0.25, 0.3) is 5.69 Å². The summed E-state index contributed by atoms with van der Waals surface area (Å²) in [7, 11) is 0. The Hall–Kier alpha value is -3.53. The molecule has 1 aromatic heterocycles. The number of aryl methyl sites for hydroxylation is 2. The van der Waals surface area contributed by atoms with Crippen LogP contribution in [-0.4, -0.2) is 76.8 Å². The fourth-order valence-corrected chi connectivity index (χ4v) is 4.46. The fraction of sp³-hybridized carbons (Fsp3) is 0.480. The van der Waals surface area contributed by atoms with Gasteiger partial charge in [-0.05, 0) is 43.9 Å². The van der Waals surface area contributed by atoms with Crippen molar-refractivity contribution in [1.29, 1.82) is 0 Å². The Morgan fingerprint density at radius 2 is 1.80 bits per heavy atom. The van der Waals surface area contributed by atoms with E-state index in [1.54, 1.807) is 6.07 Å². The second-order valence-electron chi connectivity index (χ2n) is 9.27. The van der Waals surface area contributed by atoms with E-state index in [2.05, 4.69) is 15.2 Å². The lowest BCUT2D eigenvalue weighted by Crippen LogP contribution is -2.49. The topological polar surface area (TPSA) is 112 Å². The minimum Gasteiger partial charge on any atom is -0.353 e. The highest BCUT2D eigenvalue weighted by Gasteiger charge is 2.31. The van der Waals surface area contributed by atoms with Crippen LogP contribution in [0.1, 0.15) is 30.4 Å². The molecule has 10 heteroatoms. The van der Waals surface area contributed by atoms with Gasteiger partial charge in [0.05, 0.1) is 11.5 Å². The number of rotatable bonds is 9. The Kier molecular flexibility index (Phi) is 7.60. The minimum absolute atomic E-state index is 0.0366. The lowest BCUT2D eigenvalue weighted by atomic mass is 10.1. The average Bonchev–Trinajstić information content (AvgIpc) is 3.70. The first-order valence-corrected chi connectivity index (χ1v) is 12.0. The number of para-hydroxylation sites is 1. The van der Waals surface area contributed by atoms with Crippen molar-refractivity contribution in [2.24, 2.45) is 0 Å². The number of carbonyl (C=O) groups is 2. The predicted molar refractivity (Wildman–Crippen MR) is 133 cm³/mol. The quantitative estimate of drug-likeness (QED) is 0.434. The van der Waals surface area contributed by atoms with Crippen LogP contribution in [0.15, 0.2) is 36.5 Å². The Labute approximate surface area is 205 Å². The normalized spacial score (nSPS) is 15.9. The van der Waals surface area contributed by atoms with E-state index < -0.39 is 4.92 Å². The van der Waals surface area contributed by atoms with Gasteiger partial charge in [0.15, 0.2) is 0 Å². The second kappa shape index (κ2) is 10.8. The summed E-state index contributed by atoms with van der Waals surface area (Å²) in [6.45, 7) is 7.22. The molecule has 2 amide bonds. The molecule has 1 saturated carbocycles. The molecule has 1 aliphatic heterocycles. The summed E-state index contributed by atoms with van der Waals surface area (Å²) in [4.78, 5) is 46.1. The molecule has 0 atom stereocenters. The average molecular weight is 481 g/mol. The van der Waals surface area contributed by atoms with Crippen molar-refractivity contribution in [2.45, 2.75) is 39.2 Å². The van der Waals surface area contributed by atoms with E-state index in [1.807, 2.05) is 41.8 Å². The van der Waals surface area contributed by atoms with Gasteiger partial charge in [-0.3, -0.25) is 24.6 Å². The van der Waals surface area contributed by atoms with Crippen LogP contribution in [0.4, 0.5) is 17.2 Å². The van der Waals surface area contributed by atoms with Gasteiger partial charge < -0.3 is 15.1 Å². The number of nitrogens with zero attached hydrogens (tertiary/aromatic N) is 5. The van der Waals surface area contributed by atoms with E-state index in [9.17, 15) is 19.7 Å². The minimum atomic E-state index is -0.467. The number of hydrogen-bond acceptors (Lipinski definition) is 7. The Morgan fingerprint density at radius 3 is 2.37 bits per heavy atom. The van der Waals surface area contributed by atoms with Gasteiger partial charge in [-0.2, -0.15) is 0 Å². The first-order valence-electron chi connectivity index (χ1n) is 12.0. The van der Waals surface area contributed by atoms with Gasteiger partial charge in [0.2, 0.25) is 11.8 Å². The van der Waals surface area contributed by atoms with E-state index in [0.29, 0.717) is 51.0 Å². The maximum atomic E-state index is 12.9. The molecule has 1 aliphatic carbocycles. The highest BCUT2D eigenvalue weighted by atomic mass is 16.6. The first kappa shape index (κ1) is 24.6. The van der Waals surface area contributed by atoms with E-state index in [-0.39, 0.29) is 24.0 Å². The van der Waals surface area contributed by atoms with E-state index in [1.165, 1.54) is 12.3 Å². The van der Waals surface area contributed by atoms with Crippen molar-refractivity contribution in [2.75, 3.05) is 49.5 Å². The van der Waals surface area contributed by atoms with Crippen molar-refractivity contribution >= 4 is 29.0 Å². The second-order valence-corrected chi connectivity index (χ2v) is 9.27. The zero-order chi connectivity index (χ0) is 24.9. The highest BCUT2D eigenvalue weighted by Crippen LogP contribution is 2.27. The van der Waals surface area contributed by atoms with Crippen LogP contribution >= 0.6 is 0 Å². The Bertz CT molecular complexity index is 1060. The van der Waals surface area contributed by atoms with Crippen LogP contribution in [0.25, 0.3) is 0 Å². The molecule has 0 spiro atoms.